The van der Waals surface area contributed by atoms with Gasteiger partial charge in [-0.1, -0.05) is 30.7 Å². The van der Waals surface area contributed by atoms with Crippen molar-refractivity contribution in [3.8, 4) is 0 Å². The molecule has 1 N–H and O–H groups in total. The third kappa shape index (κ3) is 2.41. The van der Waals surface area contributed by atoms with Gasteiger partial charge in [-0.2, -0.15) is 0 Å². The van der Waals surface area contributed by atoms with Gasteiger partial charge in [-0.25, -0.2) is 4.79 Å². The summed E-state index contributed by atoms with van der Waals surface area (Å²) >= 11 is 0. The van der Waals surface area contributed by atoms with Crippen LogP contribution in [0.4, 0.5) is 0 Å². The maximum Gasteiger partial charge on any atom is 0.336 e. The van der Waals surface area contributed by atoms with Crippen molar-refractivity contribution in [2.24, 2.45) is 28.6 Å². The van der Waals surface area contributed by atoms with Crippen molar-refractivity contribution in [2.45, 2.75) is 89.9 Å². The summed E-state index contributed by atoms with van der Waals surface area (Å²) in [6.45, 7) is 8.39. The molecule has 6 rings (SSSR count). The van der Waals surface area contributed by atoms with Crippen molar-refractivity contribution in [1.29, 1.82) is 0 Å². The van der Waals surface area contributed by atoms with Crippen molar-refractivity contribution in [2.75, 3.05) is 6.61 Å². The summed E-state index contributed by atoms with van der Waals surface area (Å²) in [4.78, 5) is 25.9. The Labute approximate surface area is 196 Å². The molecule has 33 heavy (non-hydrogen) atoms. The number of fused-ring (bicyclic) bond motifs is 3. The third-order valence-electron chi connectivity index (χ3n) is 11.1. The lowest BCUT2D eigenvalue weighted by molar-refractivity contribution is -0.231. The fourth-order valence-corrected chi connectivity index (χ4v) is 9.33. The quantitative estimate of drug-likeness (QED) is 0.627. The lowest BCUT2D eigenvalue weighted by atomic mass is 9.46. The van der Waals surface area contributed by atoms with Crippen LogP contribution >= 0.6 is 0 Å². The molecular weight excluding hydrogens is 416 g/mol. The van der Waals surface area contributed by atoms with E-state index in [2.05, 4.69) is 32.9 Å². The minimum Gasteiger partial charge on any atom is -0.456 e. The standard InChI is InChI=1S/C28H36O5/c1-16-14-23(32-24(31)18(16)15-29)27(4)21-11-13-28(33-27)20-9-8-17-6-5-7-22(30)26(17,3)19(20)10-12-25(21,28)2/h5-6,8,19-21,23,29H,7,9-15H2,1-4H3/t19-,20+,21-,23+,25+,26-,27+,28+/m0/s1. The Kier molecular flexibility index (Phi) is 4.42. The number of hydrogen-bond donors (Lipinski definition) is 1. The van der Waals surface area contributed by atoms with Gasteiger partial charge in [0.15, 0.2) is 0 Å². The number of Topliss-reactive ketones (excluding diaryl/α,β-unsaturated/α-hetero) is 1. The number of hydrogen-bond acceptors (Lipinski definition) is 5. The highest BCUT2D eigenvalue weighted by Gasteiger charge is 2.77. The van der Waals surface area contributed by atoms with Gasteiger partial charge in [0.05, 0.1) is 23.2 Å². The molecule has 0 amide bonds. The molecule has 0 aromatic rings. The van der Waals surface area contributed by atoms with Gasteiger partial charge in [-0.3, -0.25) is 4.79 Å². The normalized spacial score (nSPS) is 50.5. The van der Waals surface area contributed by atoms with E-state index in [1.165, 1.54) is 5.57 Å². The highest BCUT2D eigenvalue weighted by molar-refractivity contribution is 5.92. The van der Waals surface area contributed by atoms with E-state index in [4.69, 9.17) is 9.47 Å². The number of allylic oxidation sites excluding steroid dienone is 4. The highest BCUT2D eigenvalue weighted by Crippen LogP contribution is 2.75. The second-order valence-corrected chi connectivity index (χ2v) is 12.1. The zero-order chi connectivity index (χ0) is 23.4. The minimum atomic E-state index is -0.554. The van der Waals surface area contributed by atoms with Crippen LogP contribution in [0.3, 0.4) is 0 Å². The molecule has 4 aliphatic carbocycles. The summed E-state index contributed by atoms with van der Waals surface area (Å²) in [7, 11) is 0. The molecule has 2 aliphatic heterocycles. The monoisotopic (exact) mass is 452 g/mol. The third-order valence-corrected chi connectivity index (χ3v) is 11.1. The van der Waals surface area contributed by atoms with Crippen LogP contribution in [0.15, 0.2) is 34.9 Å². The zero-order valence-corrected chi connectivity index (χ0v) is 20.3. The summed E-state index contributed by atoms with van der Waals surface area (Å²) in [5.74, 6) is 0.851. The average molecular weight is 453 g/mol. The first-order valence-corrected chi connectivity index (χ1v) is 12.7. The van der Waals surface area contributed by atoms with Gasteiger partial charge in [0, 0.05) is 18.3 Å². The maximum atomic E-state index is 13.3. The fraction of sp³-hybridized carbons (Fsp3) is 0.714. The molecule has 6 aliphatic rings. The van der Waals surface area contributed by atoms with Gasteiger partial charge in [-0.05, 0) is 76.2 Å². The van der Waals surface area contributed by atoms with Crippen LogP contribution in [0.25, 0.3) is 0 Å². The van der Waals surface area contributed by atoms with E-state index in [9.17, 15) is 14.7 Å². The Morgan fingerprint density at radius 1 is 1.12 bits per heavy atom. The van der Waals surface area contributed by atoms with Crippen molar-refractivity contribution in [1.82, 2.24) is 0 Å². The summed E-state index contributed by atoms with van der Waals surface area (Å²) < 4.78 is 13.2. The Morgan fingerprint density at radius 3 is 2.64 bits per heavy atom. The van der Waals surface area contributed by atoms with Crippen molar-refractivity contribution in [3.05, 3.63) is 34.9 Å². The van der Waals surface area contributed by atoms with E-state index >= 15 is 0 Å². The van der Waals surface area contributed by atoms with E-state index in [0.717, 1.165) is 37.7 Å². The first kappa shape index (κ1) is 21.8. The predicted molar refractivity (Wildman–Crippen MR) is 123 cm³/mol. The molecule has 5 nitrogen and oxygen atoms in total. The summed E-state index contributed by atoms with van der Waals surface area (Å²) in [5.41, 5.74) is 1.26. The van der Waals surface area contributed by atoms with Crippen LogP contribution in [0.1, 0.15) is 72.6 Å². The zero-order valence-electron chi connectivity index (χ0n) is 20.3. The molecule has 0 radical (unpaired) electrons. The Morgan fingerprint density at radius 2 is 1.91 bits per heavy atom. The number of ether oxygens (including phenoxy) is 2. The maximum absolute atomic E-state index is 13.3. The summed E-state index contributed by atoms with van der Waals surface area (Å²) in [6, 6.07) is 0. The fourth-order valence-electron chi connectivity index (χ4n) is 9.33. The summed E-state index contributed by atoms with van der Waals surface area (Å²) in [5, 5.41) is 9.60. The smallest absolute Gasteiger partial charge is 0.336 e. The van der Waals surface area contributed by atoms with Gasteiger partial charge in [0.1, 0.15) is 17.5 Å². The van der Waals surface area contributed by atoms with Crippen molar-refractivity contribution < 1.29 is 24.2 Å². The van der Waals surface area contributed by atoms with E-state index in [1.54, 1.807) is 0 Å². The van der Waals surface area contributed by atoms with Gasteiger partial charge >= 0.3 is 5.97 Å². The number of carbonyl (C=O) groups is 2. The number of rotatable bonds is 2. The lowest BCUT2D eigenvalue weighted by Crippen LogP contribution is -2.60. The van der Waals surface area contributed by atoms with Crippen LogP contribution in [0.2, 0.25) is 0 Å². The van der Waals surface area contributed by atoms with Crippen LogP contribution in [-0.2, 0) is 19.1 Å². The second-order valence-electron chi connectivity index (χ2n) is 12.1. The van der Waals surface area contributed by atoms with Gasteiger partial charge in [0.25, 0.3) is 0 Å². The molecule has 5 heteroatoms. The number of cyclic esters (lactones) is 1. The number of carbonyl (C=O) groups excluding carboxylic acids is 2. The predicted octanol–water partition coefficient (Wildman–Crippen LogP) is 4.45. The van der Waals surface area contributed by atoms with Gasteiger partial charge in [0.2, 0.25) is 0 Å². The number of aliphatic hydroxyl groups excluding tert-OH is 1. The first-order valence-electron chi connectivity index (χ1n) is 12.7. The van der Waals surface area contributed by atoms with Gasteiger partial charge in [-0.15, -0.1) is 0 Å². The minimum absolute atomic E-state index is 0.0133. The number of aliphatic hydroxyl groups is 1. The molecule has 2 heterocycles. The molecule has 0 spiro atoms. The first-order chi connectivity index (χ1) is 15.6. The molecular formula is C28H36O5. The lowest BCUT2D eigenvalue weighted by Gasteiger charge is -2.59. The van der Waals surface area contributed by atoms with Crippen LogP contribution in [0.5, 0.6) is 0 Å². The van der Waals surface area contributed by atoms with E-state index in [1.807, 2.05) is 13.0 Å². The highest BCUT2D eigenvalue weighted by atomic mass is 16.6. The van der Waals surface area contributed by atoms with Crippen LogP contribution < -0.4 is 0 Å². The largest absolute Gasteiger partial charge is 0.456 e. The molecule has 2 saturated carbocycles. The summed E-state index contributed by atoms with van der Waals surface area (Å²) in [6.07, 6.45) is 12.4. The molecule has 8 atom stereocenters. The van der Waals surface area contributed by atoms with Crippen LogP contribution in [-0.4, -0.2) is 40.8 Å². The molecule has 0 aromatic carbocycles. The Balaban J connectivity index is 1.40. The Hall–Kier alpha value is -1.72. The van der Waals surface area contributed by atoms with E-state index in [-0.39, 0.29) is 23.7 Å². The molecule has 178 valence electrons. The van der Waals surface area contributed by atoms with Gasteiger partial charge < -0.3 is 14.6 Å². The van der Waals surface area contributed by atoms with Crippen LogP contribution in [0, 0.1) is 28.6 Å². The molecule has 3 fully saturated rings. The van der Waals surface area contributed by atoms with Crippen molar-refractivity contribution in [3.63, 3.8) is 0 Å². The van der Waals surface area contributed by atoms with E-state index < -0.39 is 17.0 Å². The molecule has 2 bridgehead atoms. The molecule has 0 aromatic heterocycles. The number of esters is 1. The van der Waals surface area contributed by atoms with E-state index in [0.29, 0.717) is 42.0 Å². The number of ketones is 1. The Bertz CT molecular complexity index is 1040. The molecule has 0 unspecified atom stereocenters. The van der Waals surface area contributed by atoms with Crippen molar-refractivity contribution >= 4 is 11.8 Å². The average Bonchev–Trinajstić information content (AvgIpc) is 3.18. The second kappa shape index (κ2) is 6.69. The topological polar surface area (TPSA) is 72.8 Å². The SMILES string of the molecule is CC1=C(CO)C(=O)O[C@@H]([C@]2(C)O[C@@]34CC[C@H]2[C@@]3(C)CC[C@H]2[C@H]4CC=C3C=CCC(=O)[C@@]32C)C1. The molecule has 1 saturated heterocycles.